The number of fused-ring (bicyclic) bond motifs is 4. The topological polar surface area (TPSA) is 146 Å². The Labute approximate surface area is 214 Å². The lowest BCUT2D eigenvalue weighted by atomic mass is 9.91. The third-order valence-corrected chi connectivity index (χ3v) is 7.05. The molecule has 4 aliphatic rings. The highest BCUT2D eigenvalue weighted by molar-refractivity contribution is 6.20. The monoisotopic (exact) mass is 520 g/mol. The predicted octanol–water partition coefficient (Wildman–Crippen LogP) is 2.59. The Morgan fingerprint density at radius 2 is 1.82 bits per heavy atom. The van der Waals surface area contributed by atoms with Gasteiger partial charge in [-0.1, -0.05) is 5.16 Å². The number of halogens is 1. The number of aliphatic hydroxyl groups excluding tert-OH is 1. The zero-order chi connectivity index (χ0) is 26.6. The number of hydrogen-bond acceptors (Lipinski definition) is 10. The van der Waals surface area contributed by atoms with Crippen LogP contribution in [0.5, 0.6) is 0 Å². The van der Waals surface area contributed by atoms with Gasteiger partial charge in [-0.3, -0.25) is 15.1 Å². The maximum absolute atomic E-state index is 13.5. The van der Waals surface area contributed by atoms with Crippen molar-refractivity contribution >= 4 is 34.5 Å². The Kier molecular flexibility index (Phi) is 5.68. The van der Waals surface area contributed by atoms with Gasteiger partial charge in [0.15, 0.2) is 17.1 Å². The molecule has 2 bridgehead atoms. The molecular formula is C26H21FN4O7. The Morgan fingerprint density at radius 3 is 2.58 bits per heavy atom. The Hall–Kier alpha value is -4.58. The van der Waals surface area contributed by atoms with Gasteiger partial charge in [-0.05, 0) is 44.1 Å². The second-order valence-corrected chi connectivity index (χ2v) is 9.28. The molecule has 0 saturated carbocycles. The molecule has 194 valence electrons. The lowest BCUT2D eigenvalue weighted by Crippen LogP contribution is -2.40. The molecule has 2 N–H and O–H groups in total. The summed E-state index contributed by atoms with van der Waals surface area (Å²) in [6, 6.07) is 4.38. The average molecular weight is 520 g/mol. The maximum Gasteiger partial charge on any atom is 0.336 e. The molecule has 12 heteroatoms. The van der Waals surface area contributed by atoms with Gasteiger partial charge in [0.25, 0.3) is 5.91 Å². The largest absolute Gasteiger partial charge is 0.494 e. The number of carbonyl (C=O) groups excluding carboxylic acids is 3. The van der Waals surface area contributed by atoms with Gasteiger partial charge in [-0.2, -0.15) is 0 Å². The SMILES string of the molecule is N=C1C2=CC3=C(O)N(CCN4CCC(c5noc6cc(F)ccc56)CC4)C(=O)C3=C1OC(=O)C=CC(=O)O2. The van der Waals surface area contributed by atoms with Crippen LogP contribution in [0.3, 0.4) is 0 Å². The van der Waals surface area contributed by atoms with Gasteiger partial charge in [0.2, 0.25) is 5.88 Å². The normalized spacial score (nSPS) is 20.9. The molecule has 11 nitrogen and oxygen atoms in total. The first-order valence-electron chi connectivity index (χ1n) is 12.0. The molecule has 1 aliphatic carbocycles. The van der Waals surface area contributed by atoms with Crippen LogP contribution < -0.4 is 0 Å². The van der Waals surface area contributed by atoms with E-state index in [9.17, 15) is 23.9 Å². The fraction of sp³-hybridized carbons (Fsp3) is 0.269. The highest BCUT2D eigenvalue weighted by Gasteiger charge is 2.43. The number of piperidine rings is 1. The number of nitrogens with one attached hydrogen (secondary N) is 1. The summed E-state index contributed by atoms with van der Waals surface area (Å²) in [5, 5.41) is 24.1. The van der Waals surface area contributed by atoms with Crippen LogP contribution in [0.15, 0.2) is 69.5 Å². The molecule has 3 aliphatic heterocycles. The zero-order valence-corrected chi connectivity index (χ0v) is 19.9. The van der Waals surface area contributed by atoms with E-state index in [0.717, 1.165) is 41.0 Å². The van der Waals surface area contributed by atoms with Crippen LogP contribution in [0.2, 0.25) is 0 Å². The van der Waals surface area contributed by atoms with Crippen LogP contribution in [-0.4, -0.2) is 69.8 Å². The van der Waals surface area contributed by atoms with Gasteiger partial charge in [0, 0.05) is 42.6 Å². The van der Waals surface area contributed by atoms with Crippen molar-refractivity contribution in [2.45, 2.75) is 18.8 Å². The molecule has 0 unspecified atom stereocenters. The molecule has 1 saturated heterocycles. The predicted molar refractivity (Wildman–Crippen MR) is 128 cm³/mol. The Morgan fingerprint density at radius 1 is 1.08 bits per heavy atom. The van der Waals surface area contributed by atoms with E-state index in [1.165, 1.54) is 18.2 Å². The number of nitrogens with zero attached hydrogens (tertiary/aromatic N) is 3. The number of allylic oxidation sites excluding steroid dienone is 1. The van der Waals surface area contributed by atoms with Crippen LogP contribution in [-0.2, 0) is 23.9 Å². The van der Waals surface area contributed by atoms with Gasteiger partial charge in [0.05, 0.1) is 16.8 Å². The molecule has 0 radical (unpaired) electrons. The molecule has 0 spiro atoms. The maximum atomic E-state index is 13.5. The molecule has 4 heterocycles. The minimum Gasteiger partial charge on any atom is -0.494 e. The molecule has 1 aromatic heterocycles. The van der Waals surface area contributed by atoms with Gasteiger partial charge in [-0.25, -0.2) is 14.0 Å². The molecule has 6 rings (SSSR count). The van der Waals surface area contributed by atoms with E-state index in [1.54, 1.807) is 6.07 Å². The van der Waals surface area contributed by atoms with Gasteiger partial charge in [0.1, 0.15) is 11.5 Å². The molecular weight excluding hydrogens is 499 g/mol. The van der Waals surface area contributed by atoms with Crippen molar-refractivity contribution in [2.24, 2.45) is 0 Å². The third kappa shape index (κ3) is 3.98. The lowest BCUT2D eigenvalue weighted by Gasteiger charge is -2.32. The molecule has 38 heavy (non-hydrogen) atoms. The summed E-state index contributed by atoms with van der Waals surface area (Å²) in [6.45, 7) is 2.02. The fourth-order valence-electron chi connectivity index (χ4n) is 5.10. The van der Waals surface area contributed by atoms with Crippen LogP contribution in [0.4, 0.5) is 4.39 Å². The van der Waals surface area contributed by atoms with E-state index in [-0.39, 0.29) is 46.8 Å². The lowest BCUT2D eigenvalue weighted by molar-refractivity contribution is -0.135. The van der Waals surface area contributed by atoms with Crippen molar-refractivity contribution < 1.29 is 37.9 Å². The van der Waals surface area contributed by atoms with Gasteiger partial charge < -0.3 is 24.0 Å². The first-order chi connectivity index (χ1) is 18.3. The van der Waals surface area contributed by atoms with E-state index >= 15 is 0 Å². The average Bonchev–Trinajstić information content (AvgIpc) is 3.42. The van der Waals surface area contributed by atoms with Gasteiger partial charge in [-0.15, -0.1) is 0 Å². The number of hydrogen-bond donors (Lipinski definition) is 2. The van der Waals surface area contributed by atoms with Crippen LogP contribution in [0.1, 0.15) is 24.5 Å². The Bertz CT molecular complexity index is 1540. The minimum atomic E-state index is -0.949. The summed E-state index contributed by atoms with van der Waals surface area (Å²) in [6.07, 6.45) is 4.49. The highest BCUT2D eigenvalue weighted by Crippen LogP contribution is 2.38. The Balaban J connectivity index is 1.15. The second kappa shape index (κ2) is 9.06. The standard InChI is InChI=1S/C26H21FN4O7/c27-14-1-2-15-17(11-14)38-29-23(15)13-5-7-30(8-6-13)9-10-31-25(34)16-12-18-22(28)24(21(16)26(31)35)37-20(33)4-3-19(32)36-18/h1-4,11-13,28,34H,5-10H2. The van der Waals surface area contributed by atoms with Crippen molar-refractivity contribution in [1.82, 2.24) is 15.0 Å². The molecule has 2 aromatic rings. The zero-order valence-electron chi connectivity index (χ0n) is 19.9. The van der Waals surface area contributed by atoms with E-state index < -0.39 is 23.6 Å². The first-order valence-corrected chi connectivity index (χ1v) is 12.0. The molecule has 1 fully saturated rings. The number of ether oxygens (including phenoxy) is 2. The smallest absolute Gasteiger partial charge is 0.336 e. The van der Waals surface area contributed by atoms with Crippen LogP contribution >= 0.6 is 0 Å². The molecule has 1 aromatic carbocycles. The minimum absolute atomic E-state index is 0.0200. The van der Waals surface area contributed by atoms with Crippen molar-refractivity contribution in [3.8, 4) is 0 Å². The number of likely N-dealkylation sites (tertiary alicyclic amines) is 1. The number of amides is 1. The number of aliphatic hydroxyl groups is 1. The van der Waals surface area contributed by atoms with Crippen molar-refractivity contribution in [3.05, 3.63) is 76.5 Å². The van der Waals surface area contributed by atoms with Crippen molar-refractivity contribution in [3.63, 3.8) is 0 Å². The van der Waals surface area contributed by atoms with Crippen molar-refractivity contribution in [2.75, 3.05) is 26.2 Å². The van der Waals surface area contributed by atoms with E-state index in [4.69, 9.17) is 19.4 Å². The summed E-state index contributed by atoms with van der Waals surface area (Å²) in [7, 11) is 0. The van der Waals surface area contributed by atoms with Gasteiger partial charge >= 0.3 is 11.9 Å². The third-order valence-electron chi connectivity index (χ3n) is 7.05. The quantitative estimate of drug-likeness (QED) is 0.581. The van der Waals surface area contributed by atoms with Crippen LogP contribution in [0.25, 0.3) is 11.0 Å². The van der Waals surface area contributed by atoms with E-state index in [0.29, 0.717) is 25.2 Å². The summed E-state index contributed by atoms with van der Waals surface area (Å²) in [4.78, 5) is 40.5. The number of carbonyl (C=O) groups is 3. The highest BCUT2D eigenvalue weighted by atomic mass is 19.1. The number of esters is 2. The molecule has 1 amide bonds. The van der Waals surface area contributed by atoms with Crippen molar-refractivity contribution in [1.29, 1.82) is 5.41 Å². The fourth-order valence-corrected chi connectivity index (χ4v) is 5.10. The number of benzene rings is 1. The first kappa shape index (κ1) is 23.8. The molecule has 0 atom stereocenters. The summed E-state index contributed by atoms with van der Waals surface area (Å²) < 4.78 is 29.0. The number of aromatic nitrogens is 1. The summed E-state index contributed by atoms with van der Waals surface area (Å²) in [5.74, 6) is -3.68. The van der Waals surface area contributed by atoms with E-state index in [2.05, 4.69) is 10.1 Å². The van der Waals surface area contributed by atoms with Crippen LogP contribution in [0, 0.1) is 11.2 Å². The number of rotatable bonds is 4. The summed E-state index contributed by atoms with van der Waals surface area (Å²) >= 11 is 0. The second-order valence-electron chi connectivity index (χ2n) is 9.28. The summed E-state index contributed by atoms with van der Waals surface area (Å²) in [5.41, 5.74) is 0.669. The van der Waals surface area contributed by atoms with E-state index in [1.807, 2.05) is 0 Å².